The van der Waals surface area contributed by atoms with Crippen molar-refractivity contribution in [2.45, 2.75) is 6.42 Å². The third kappa shape index (κ3) is 4.82. The van der Waals surface area contributed by atoms with Crippen LogP contribution in [-0.2, 0) is 16.0 Å². The zero-order valence-electron chi connectivity index (χ0n) is 12.8. The van der Waals surface area contributed by atoms with Gasteiger partial charge in [-0.05, 0) is 12.0 Å². The van der Waals surface area contributed by atoms with E-state index in [1.54, 1.807) is 9.80 Å². The molecule has 1 saturated heterocycles. The van der Waals surface area contributed by atoms with Gasteiger partial charge >= 0.3 is 0 Å². The molecule has 2 amide bonds. The van der Waals surface area contributed by atoms with Crippen LogP contribution in [0.25, 0.3) is 0 Å². The Balaban J connectivity index is 1.88. The molecule has 0 saturated carbocycles. The Labute approximate surface area is 131 Å². The van der Waals surface area contributed by atoms with Gasteiger partial charge in [-0.2, -0.15) is 0 Å². The lowest BCUT2D eigenvalue weighted by Crippen LogP contribution is -2.52. The number of nitrogens with one attached hydrogen (secondary N) is 1. The number of nitrogens with two attached hydrogens (primary N) is 1. The van der Waals surface area contributed by atoms with E-state index in [4.69, 9.17) is 5.73 Å². The van der Waals surface area contributed by atoms with Crippen molar-refractivity contribution in [2.24, 2.45) is 5.73 Å². The number of benzene rings is 1. The van der Waals surface area contributed by atoms with E-state index in [0.29, 0.717) is 32.7 Å². The Bertz CT molecular complexity index is 492. The maximum atomic E-state index is 12.4. The largest absolute Gasteiger partial charge is 0.340 e. The summed E-state index contributed by atoms with van der Waals surface area (Å²) >= 11 is 0. The second-order valence-corrected chi connectivity index (χ2v) is 5.40. The molecule has 1 heterocycles. The second-order valence-electron chi connectivity index (χ2n) is 5.40. The van der Waals surface area contributed by atoms with Gasteiger partial charge in [-0.3, -0.25) is 9.59 Å². The first-order valence-electron chi connectivity index (χ1n) is 7.71. The summed E-state index contributed by atoms with van der Waals surface area (Å²) in [5.41, 5.74) is 6.80. The minimum Gasteiger partial charge on any atom is -0.340 e. The molecule has 1 fully saturated rings. The predicted octanol–water partition coefficient (Wildman–Crippen LogP) is -0.552. The Morgan fingerprint density at radius 2 is 2.05 bits per heavy atom. The monoisotopic (exact) mass is 304 g/mol. The van der Waals surface area contributed by atoms with E-state index in [1.165, 1.54) is 5.56 Å². The highest BCUT2D eigenvalue weighted by atomic mass is 16.2. The van der Waals surface area contributed by atoms with Crippen molar-refractivity contribution in [3.05, 3.63) is 35.9 Å². The molecule has 1 aliphatic heterocycles. The summed E-state index contributed by atoms with van der Waals surface area (Å²) in [5.74, 6) is -0.0491. The quantitative estimate of drug-likeness (QED) is 0.708. The lowest BCUT2D eigenvalue weighted by Gasteiger charge is -2.30. The van der Waals surface area contributed by atoms with Crippen molar-refractivity contribution in [2.75, 3.05) is 45.8 Å². The van der Waals surface area contributed by atoms with Gasteiger partial charge in [0.2, 0.25) is 11.8 Å². The van der Waals surface area contributed by atoms with Crippen LogP contribution in [0.5, 0.6) is 0 Å². The standard InChI is InChI=1S/C16H24N4O2/c17-7-10-19(9-6-14-4-2-1-3-5-14)16(22)13-20-11-8-18-12-15(20)21/h1-5,18H,6-13,17H2. The van der Waals surface area contributed by atoms with Crippen LogP contribution in [0.2, 0.25) is 0 Å². The fourth-order valence-corrected chi connectivity index (χ4v) is 2.50. The Morgan fingerprint density at radius 3 is 2.73 bits per heavy atom. The molecule has 0 bridgehead atoms. The zero-order valence-corrected chi connectivity index (χ0v) is 12.8. The number of carbonyl (C=O) groups excluding carboxylic acids is 2. The molecule has 3 N–H and O–H groups in total. The SMILES string of the molecule is NCCN(CCc1ccccc1)C(=O)CN1CCNCC1=O. The van der Waals surface area contributed by atoms with Crippen molar-refractivity contribution in [3.8, 4) is 0 Å². The smallest absolute Gasteiger partial charge is 0.242 e. The molecule has 1 aliphatic rings. The Kier molecular flexibility index (Phi) is 6.36. The molecule has 6 nitrogen and oxygen atoms in total. The molecular formula is C16H24N4O2. The van der Waals surface area contributed by atoms with Gasteiger partial charge in [-0.1, -0.05) is 30.3 Å². The normalized spacial score (nSPS) is 15.0. The van der Waals surface area contributed by atoms with Gasteiger partial charge < -0.3 is 20.9 Å². The van der Waals surface area contributed by atoms with Gasteiger partial charge in [0, 0.05) is 32.7 Å². The summed E-state index contributed by atoms with van der Waals surface area (Å²) in [5, 5.41) is 3.00. The highest BCUT2D eigenvalue weighted by Crippen LogP contribution is 2.03. The van der Waals surface area contributed by atoms with E-state index in [1.807, 2.05) is 30.3 Å². The summed E-state index contributed by atoms with van der Waals surface area (Å²) in [6, 6.07) is 10.0. The molecule has 0 aliphatic carbocycles. The number of hydrogen-bond acceptors (Lipinski definition) is 4. The topological polar surface area (TPSA) is 78.7 Å². The summed E-state index contributed by atoms with van der Waals surface area (Å²) in [6.07, 6.45) is 0.794. The van der Waals surface area contributed by atoms with Crippen LogP contribution in [-0.4, -0.2) is 67.4 Å². The molecule has 0 spiro atoms. The molecule has 0 aromatic heterocycles. The fraction of sp³-hybridized carbons (Fsp3) is 0.500. The molecule has 22 heavy (non-hydrogen) atoms. The average molecular weight is 304 g/mol. The summed E-state index contributed by atoms with van der Waals surface area (Å²) in [7, 11) is 0. The lowest BCUT2D eigenvalue weighted by atomic mass is 10.1. The first-order valence-corrected chi connectivity index (χ1v) is 7.71. The van der Waals surface area contributed by atoms with Crippen molar-refractivity contribution >= 4 is 11.8 Å². The van der Waals surface area contributed by atoms with Gasteiger partial charge in [0.15, 0.2) is 0 Å². The molecular weight excluding hydrogens is 280 g/mol. The van der Waals surface area contributed by atoms with Gasteiger partial charge in [-0.15, -0.1) is 0 Å². The molecule has 0 unspecified atom stereocenters. The molecule has 2 rings (SSSR count). The lowest BCUT2D eigenvalue weighted by molar-refractivity contribution is -0.141. The van der Waals surface area contributed by atoms with Crippen LogP contribution in [0, 0.1) is 0 Å². The van der Waals surface area contributed by atoms with Crippen LogP contribution >= 0.6 is 0 Å². The predicted molar refractivity (Wildman–Crippen MR) is 85.2 cm³/mol. The number of piperazine rings is 1. The van der Waals surface area contributed by atoms with Crippen LogP contribution < -0.4 is 11.1 Å². The minimum absolute atomic E-state index is 0.0182. The maximum absolute atomic E-state index is 12.4. The van der Waals surface area contributed by atoms with Gasteiger partial charge in [0.1, 0.15) is 0 Å². The van der Waals surface area contributed by atoms with E-state index in [9.17, 15) is 9.59 Å². The third-order valence-electron chi connectivity index (χ3n) is 3.78. The van der Waals surface area contributed by atoms with E-state index in [2.05, 4.69) is 5.32 Å². The number of amides is 2. The fourth-order valence-electron chi connectivity index (χ4n) is 2.50. The maximum Gasteiger partial charge on any atom is 0.242 e. The molecule has 6 heteroatoms. The number of carbonyl (C=O) groups is 2. The molecule has 0 atom stereocenters. The molecule has 1 aromatic carbocycles. The van der Waals surface area contributed by atoms with Gasteiger partial charge in [0.05, 0.1) is 13.1 Å². The summed E-state index contributed by atoms with van der Waals surface area (Å²) < 4.78 is 0. The van der Waals surface area contributed by atoms with Gasteiger partial charge in [-0.25, -0.2) is 0 Å². The van der Waals surface area contributed by atoms with Crippen LogP contribution in [0.3, 0.4) is 0 Å². The van der Waals surface area contributed by atoms with Crippen molar-refractivity contribution in [3.63, 3.8) is 0 Å². The summed E-state index contributed by atoms with van der Waals surface area (Å²) in [6.45, 7) is 3.35. The Morgan fingerprint density at radius 1 is 1.27 bits per heavy atom. The third-order valence-corrected chi connectivity index (χ3v) is 3.78. The number of nitrogens with zero attached hydrogens (tertiary/aromatic N) is 2. The number of hydrogen-bond donors (Lipinski definition) is 2. The highest BCUT2D eigenvalue weighted by Gasteiger charge is 2.22. The Hall–Kier alpha value is -1.92. The van der Waals surface area contributed by atoms with Crippen LogP contribution in [0.4, 0.5) is 0 Å². The van der Waals surface area contributed by atoms with E-state index in [-0.39, 0.29) is 18.4 Å². The first-order chi connectivity index (χ1) is 10.7. The van der Waals surface area contributed by atoms with E-state index < -0.39 is 0 Å². The van der Waals surface area contributed by atoms with E-state index >= 15 is 0 Å². The van der Waals surface area contributed by atoms with Crippen LogP contribution in [0.1, 0.15) is 5.56 Å². The first kappa shape index (κ1) is 16.5. The second kappa shape index (κ2) is 8.51. The van der Waals surface area contributed by atoms with Crippen LogP contribution in [0.15, 0.2) is 30.3 Å². The van der Waals surface area contributed by atoms with Crippen molar-refractivity contribution in [1.82, 2.24) is 15.1 Å². The minimum atomic E-state index is -0.0309. The summed E-state index contributed by atoms with van der Waals surface area (Å²) in [4.78, 5) is 27.6. The zero-order chi connectivity index (χ0) is 15.8. The average Bonchev–Trinajstić information content (AvgIpc) is 2.54. The molecule has 120 valence electrons. The van der Waals surface area contributed by atoms with E-state index in [0.717, 1.165) is 13.0 Å². The number of rotatable bonds is 7. The highest BCUT2D eigenvalue weighted by molar-refractivity contribution is 5.86. The molecule has 1 aromatic rings. The molecule has 0 radical (unpaired) electrons. The van der Waals surface area contributed by atoms with Gasteiger partial charge in [0.25, 0.3) is 0 Å². The van der Waals surface area contributed by atoms with Crippen molar-refractivity contribution in [1.29, 1.82) is 0 Å². The van der Waals surface area contributed by atoms with Crippen molar-refractivity contribution < 1.29 is 9.59 Å².